The molecule has 7 heteroatoms. The second kappa shape index (κ2) is 6.88. The van der Waals surface area contributed by atoms with E-state index in [2.05, 4.69) is 15.3 Å². The third-order valence-electron chi connectivity index (χ3n) is 4.08. The highest BCUT2D eigenvalue weighted by Gasteiger charge is 2.35. The first-order valence-corrected chi connectivity index (χ1v) is 8.04. The van der Waals surface area contributed by atoms with Crippen molar-refractivity contribution in [3.8, 4) is 5.75 Å². The van der Waals surface area contributed by atoms with E-state index in [4.69, 9.17) is 4.74 Å². The maximum Gasteiger partial charge on any atom is 0.232 e. The van der Waals surface area contributed by atoms with Crippen LogP contribution < -0.4 is 15.0 Å². The number of hydrogen-bond acceptors (Lipinski definition) is 5. The van der Waals surface area contributed by atoms with Crippen molar-refractivity contribution in [1.29, 1.82) is 0 Å². The number of ether oxygens (including phenoxy) is 1. The third-order valence-corrected chi connectivity index (χ3v) is 4.08. The van der Waals surface area contributed by atoms with Gasteiger partial charge in [0.15, 0.2) is 0 Å². The molecule has 1 aromatic carbocycles. The molecule has 0 radical (unpaired) electrons. The van der Waals surface area contributed by atoms with Crippen LogP contribution in [0.15, 0.2) is 30.3 Å². The molecule has 1 aliphatic rings. The Hall–Kier alpha value is -2.96. The lowest BCUT2D eigenvalue weighted by Gasteiger charge is -2.17. The molecule has 1 aliphatic heterocycles. The number of carbonyl (C=O) groups excluding carboxylic acids is 2. The quantitative estimate of drug-likeness (QED) is 0.921. The first kappa shape index (κ1) is 16.9. The Balaban J connectivity index is 1.72. The molecule has 1 saturated heterocycles. The molecule has 1 atom stereocenters. The van der Waals surface area contributed by atoms with Gasteiger partial charge in [0.05, 0.1) is 13.0 Å². The first-order chi connectivity index (χ1) is 12.0. The van der Waals surface area contributed by atoms with Crippen molar-refractivity contribution in [1.82, 2.24) is 9.97 Å². The lowest BCUT2D eigenvalue weighted by molar-refractivity contribution is -0.122. The number of rotatable bonds is 4. The summed E-state index contributed by atoms with van der Waals surface area (Å²) in [6.07, 6.45) is 0.161. The maximum atomic E-state index is 12.5. The summed E-state index contributed by atoms with van der Waals surface area (Å²) in [7, 11) is 1.57. The number of anilines is 2. The number of aromatic nitrogens is 2. The summed E-state index contributed by atoms with van der Waals surface area (Å²) in [5, 5.41) is 2.72. The Kier molecular flexibility index (Phi) is 4.65. The Labute approximate surface area is 146 Å². The van der Waals surface area contributed by atoms with Crippen molar-refractivity contribution in [2.24, 2.45) is 5.92 Å². The highest BCUT2D eigenvalue weighted by Crippen LogP contribution is 2.28. The Bertz CT molecular complexity index is 801. The SMILES string of the molecule is COc1cccc(N2C[C@H](C(=O)Nc3nc(C)cc(C)n3)CC2=O)c1. The van der Waals surface area contributed by atoms with E-state index in [1.165, 1.54) is 0 Å². The van der Waals surface area contributed by atoms with E-state index in [-0.39, 0.29) is 24.2 Å². The fourth-order valence-electron chi connectivity index (χ4n) is 2.91. The molecule has 1 N–H and O–H groups in total. The van der Waals surface area contributed by atoms with E-state index >= 15 is 0 Å². The van der Waals surface area contributed by atoms with Gasteiger partial charge in [-0.25, -0.2) is 9.97 Å². The van der Waals surface area contributed by atoms with Gasteiger partial charge in [-0.05, 0) is 32.0 Å². The van der Waals surface area contributed by atoms with Gasteiger partial charge in [0.25, 0.3) is 0 Å². The Morgan fingerprint density at radius 3 is 2.64 bits per heavy atom. The van der Waals surface area contributed by atoms with Crippen LogP contribution in [0.5, 0.6) is 5.75 Å². The molecule has 2 aromatic rings. The molecule has 2 heterocycles. The minimum absolute atomic E-state index is 0.0882. The van der Waals surface area contributed by atoms with Gasteiger partial charge in [-0.2, -0.15) is 0 Å². The number of hydrogen-bond donors (Lipinski definition) is 1. The van der Waals surface area contributed by atoms with Gasteiger partial charge in [-0.3, -0.25) is 14.9 Å². The van der Waals surface area contributed by atoms with Gasteiger partial charge in [0.1, 0.15) is 5.75 Å². The standard InChI is InChI=1S/C18H20N4O3/c1-11-7-12(2)20-18(19-11)21-17(24)13-8-16(23)22(10-13)14-5-4-6-15(9-14)25-3/h4-7,9,13H,8,10H2,1-3H3,(H,19,20,21,24)/t13-/m1/s1. The van der Waals surface area contributed by atoms with Crippen LogP contribution in [-0.4, -0.2) is 35.4 Å². The number of aryl methyl sites for hydroxylation is 2. The number of methoxy groups -OCH3 is 1. The molecular weight excluding hydrogens is 320 g/mol. The number of benzene rings is 1. The highest BCUT2D eigenvalue weighted by molar-refractivity contribution is 6.03. The maximum absolute atomic E-state index is 12.5. The van der Waals surface area contributed by atoms with Crippen molar-refractivity contribution in [2.75, 3.05) is 23.9 Å². The normalized spacial score (nSPS) is 16.8. The van der Waals surface area contributed by atoms with Crippen LogP contribution in [0.3, 0.4) is 0 Å². The van der Waals surface area contributed by atoms with Crippen LogP contribution in [0.4, 0.5) is 11.6 Å². The van der Waals surface area contributed by atoms with Crippen LogP contribution >= 0.6 is 0 Å². The lowest BCUT2D eigenvalue weighted by Crippen LogP contribution is -2.28. The molecule has 1 aromatic heterocycles. The van der Waals surface area contributed by atoms with Crippen LogP contribution in [0, 0.1) is 19.8 Å². The van der Waals surface area contributed by atoms with E-state index < -0.39 is 5.92 Å². The summed E-state index contributed by atoms with van der Waals surface area (Å²) in [6, 6.07) is 9.07. The van der Waals surface area contributed by atoms with E-state index in [0.717, 1.165) is 17.1 Å². The molecular formula is C18H20N4O3. The molecule has 3 rings (SSSR count). The zero-order chi connectivity index (χ0) is 18.0. The summed E-state index contributed by atoms with van der Waals surface area (Å²) in [5.74, 6) is 0.165. The van der Waals surface area contributed by atoms with Gasteiger partial charge < -0.3 is 9.64 Å². The van der Waals surface area contributed by atoms with Crippen LogP contribution in [0.2, 0.25) is 0 Å². The number of amides is 2. The van der Waals surface area contributed by atoms with Gasteiger partial charge in [-0.15, -0.1) is 0 Å². The van der Waals surface area contributed by atoms with Gasteiger partial charge in [-0.1, -0.05) is 6.07 Å². The lowest BCUT2D eigenvalue weighted by atomic mass is 10.1. The number of carbonyl (C=O) groups is 2. The molecule has 2 amide bonds. The van der Waals surface area contributed by atoms with E-state index in [1.807, 2.05) is 38.1 Å². The zero-order valence-corrected chi connectivity index (χ0v) is 14.4. The second-order valence-corrected chi connectivity index (χ2v) is 6.07. The van der Waals surface area contributed by atoms with Crippen molar-refractivity contribution in [3.63, 3.8) is 0 Å². The number of nitrogens with one attached hydrogen (secondary N) is 1. The minimum atomic E-state index is -0.442. The zero-order valence-electron chi connectivity index (χ0n) is 14.4. The summed E-state index contributed by atoms with van der Waals surface area (Å²) in [6.45, 7) is 4.00. The summed E-state index contributed by atoms with van der Waals surface area (Å²) in [5.41, 5.74) is 2.29. The first-order valence-electron chi connectivity index (χ1n) is 8.04. The van der Waals surface area contributed by atoms with Crippen molar-refractivity contribution in [2.45, 2.75) is 20.3 Å². The Morgan fingerprint density at radius 1 is 1.24 bits per heavy atom. The third kappa shape index (κ3) is 3.76. The molecule has 130 valence electrons. The fraction of sp³-hybridized carbons (Fsp3) is 0.333. The summed E-state index contributed by atoms with van der Waals surface area (Å²) < 4.78 is 5.19. The van der Waals surface area contributed by atoms with E-state index in [9.17, 15) is 9.59 Å². The van der Waals surface area contributed by atoms with E-state index in [1.54, 1.807) is 18.1 Å². The fourth-order valence-corrected chi connectivity index (χ4v) is 2.91. The van der Waals surface area contributed by atoms with Gasteiger partial charge in [0.2, 0.25) is 17.8 Å². The molecule has 0 bridgehead atoms. The minimum Gasteiger partial charge on any atom is -0.497 e. The number of nitrogens with zero attached hydrogens (tertiary/aromatic N) is 3. The molecule has 0 saturated carbocycles. The molecule has 0 aliphatic carbocycles. The topological polar surface area (TPSA) is 84.4 Å². The van der Waals surface area contributed by atoms with Gasteiger partial charge in [0, 0.05) is 36.1 Å². The second-order valence-electron chi connectivity index (χ2n) is 6.07. The smallest absolute Gasteiger partial charge is 0.232 e. The molecule has 0 spiro atoms. The average molecular weight is 340 g/mol. The molecule has 0 unspecified atom stereocenters. The van der Waals surface area contributed by atoms with Crippen molar-refractivity contribution >= 4 is 23.5 Å². The highest BCUT2D eigenvalue weighted by atomic mass is 16.5. The van der Waals surface area contributed by atoms with Crippen LogP contribution in [0.1, 0.15) is 17.8 Å². The van der Waals surface area contributed by atoms with Crippen LogP contribution in [0.25, 0.3) is 0 Å². The van der Waals surface area contributed by atoms with Crippen molar-refractivity contribution < 1.29 is 14.3 Å². The largest absolute Gasteiger partial charge is 0.497 e. The molecule has 25 heavy (non-hydrogen) atoms. The molecule has 1 fully saturated rings. The summed E-state index contributed by atoms with van der Waals surface area (Å²) in [4.78, 5) is 34.8. The summed E-state index contributed by atoms with van der Waals surface area (Å²) >= 11 is 0. The monoisotopic (exact) mass is 340 g/mol. The molecule has 7 nitrogen and oxygen atoms in total. The van der Waals surface area contributed by atoms with Crippen LogP contribution in [-0.2, 0) is 9.59 Å². The van der Waals surface area contributed by atoms with E-state index in [0.29, 0.717) is 12.3 Å². The van der Waals surface area contributed by atoms with Gasteiger partial charge >= 0.3 is 0 Å². The average Bonchev–Trinajstić information content (AvgIpc) is 2.96. The predicted octanol–water partition coefficient (Wildman–Crippen LogP) is 2.09. The van der Waals surface area contributed by atoms with Crippen molar-refractivity contribution in [3.05, 3.63) is 41.7 Å². The predicted molar refractivity (Wildman–Crippen MR) is 93.6 cm³/mol. The Morgan fingerprint density at radius 2 is 1.96 bits per heavy atom.